The highest BCUT2D eigenvalue weighted by atomic mass is 79.9. The fourth-order valence-corrected chi connectivity index (χ4v) is 11.9. The summed E-state index contributed by atoms with van der Waals surface area (Å²) < 4.78 is 20.1. The summed E-state index contributed by atoms with van der Waals surface area (Å²) >= 11 is 3.59. The number of nitrogens with zero attached hydrogens (tertiary/aromatic N) is 9. The van der Waals surface area contributed by atoms with Gasteiger partial charge in [0.15, 0.2) is 0 Å². The van der Waals surface area contributed by atoms with Gasteiger partial charge in [-0.15, -0.1) is 0 Å². The molecule has 0 saturated carbocycles. The number of ether oxygens (including phenoxy) is 1. The fourth-order valence-electron chi connectivity index (χ4n) is 10.2. The Morgan fingerprint density at radius 1 is 0.791 bits per heavy atom. The van der Waals surface area contributed by atoms with E-state index < -0.39 is 36.8 Å². The first-order chi connectivity index (χ1) is 32.2. The summed E-state index contributed by atoms with van der Waals surface area (Å²) in [6, 6.07) is 13.2. The molecule has 0 spiro atoms. The molecule has 0 bridgehead atoms. The first-order valence-corrected chi connectivity index (χ1v) is 26.0. The van der Waals surface area contributed by atoms with Crippen LogP contribution in [0.2, 0.25) is 0 Å². The minimum atomic E-state index is -2.78. The SMILES string of the molecule is COc1cc(N2CCC(N3CCN(C4CN(c5ccc6c(c5)C(=O)N(C5CCC(=O)NC5=O)C6=O)C4)CC3)CC2)c(C)cc1Nc1ncc(Br)c(Nc2ccc3nccnc3c2P(C)(C)=O)n1. The summed E-state index contributed by atoms with van der Waals surface area (Å²) in [5.74, 6) is -0.424. The molecule has 67 heavy (non-hydrogen) atoms. The lowest BCUT2D eigenvalue weighted by Crippen LogP contribution is -2.64. The van der Waals surface area contributed by atoms with Crippen molar-refractivity contribution in [3.8, 4) is 5.75 Å². The van der Waals surface area contributed by atoms with Crippen molar-refractivity contribution in [2.75, 3.05) is 93.2 Å². The third kappa shape index (κ3) is 8.62. The lowest BCUT2D eigenvalue weighted by molar-refractivity contribution is -0.136. The van der Waals surface area contributed by atoms with Gasteiger partial charge in [0.05, 0.1) is 44.9 Å². The molecule has 20 heteroatoms. The molecule has 5 aromatic rings. The van der Waals surface area contributed by atoms with Gasteiger partial charge in [-0.25, -0.2) is 4.98 Å². The average molecular weight is 992 g/mol. The molecule has 4 amide bonds. The molecular formula is C47H52BrN12O6P. The first-order valence-electron chi connectivity index (χ1n) is 22.6. The predicted molar refractivity (Wildman–Crippen MR) is 260 cm³/mol. The van der Waals surface area contributed by atoms with Gasteiger partial charge in [0.2, 0.25) is 17.8 Å². The number of aryl methyl sites for hydroxylation is 1. The second kappa shape index (κ2) is 17.9. The van der Waals surface area contributed by atoms with E-state index in [1.165, 1.54) is 0 Å². The predicted octanol–water partition coefficient (Wildman–Crippen LogP) is 5.11. The number of aromatic nitrogens is 4. The topological polar surface area (TPSA) is 198 Å². The van der Waals surface area contributed by atoms with Crippen LogP contribution in [0.4, 0.5) is 34.5 Å². The Hall–Kier alpha value is -6.01. The van der Waals surface area contributed by atoms with E-state index in [0.717, 1.165) is 92.7 Å². The number of fused-ring (bicyclic) bond motifs is 2. The van der Waals surface area contributed by atoms with Crippen LogP contribution in [0.15, 0.2) is 65.5 Å². The number of halogens is 1. The standard InChI is InChI=1S/C47H52BrN12O6P/c1-27-21-36(53-47-51-24-33(48)43(55-47)52-35-8-7-34-41(50-14-13-49-34)42(35)67(3,4)65)39(66-2)23-38(27)58-15-11-28(12-16-58)56-17-19-57(20-18-56)30-25-59(26-30)29-5-6-31-32(22-29)46(64)60(45(31)63)37-9-10-40(61)54-44(37)62/h5-8,13-14,21-24,28,30,37H,9-12,15-20,25-26H2,1-4H3,(H,54,61,62)(H2,51,52,53,55). The number of imide groups is 2. The molecule has 3 N–H and O–H groups in total. The smallest absolute Gasteiger partial charge is 0.262 e. The van der Waals surface area contributed by atoms with Crippen LogP contribution in [0.1, 0.15) is 52.0 Å². The number of carbonyl (C=O) groups is 4. The van der Waals surface area contributed by atoms with Gasteiger partial charge in [-0.1, -0.05) is 0 Å². The third-order valence-electron chi connectivity index (χ3n) is 13.8. The Morgan fingerprint density at radius 3 is 2.22 bits per heavy atom. The van der Waals surface area contributed by atoms with Gasteiger partial charge in [-0.2, -0.15) is 4.98 Å². The maximum Gasteiger partial charge on any atom is 0.262 e. The summed E-state index contributed by atoms with van der Waals surface area (Å²) in [7, 11) is -1.11. The molecule has 10 rings (SSSR count). The van der Waals surface area contributed by atoms with E-state index in [9.17, 15) is 23.7 Å². The second-order valence-electron chi connectivity index (χ2n) is 18.2. The highest BCUT2D eigenvalue weighted by Crippen LogP contribution is 2.42. The molecule has 18 nitrogen and oxygen atoms in total. The Bertz CT molecular complexity index is 2880. The number of anilines is 6. The molecule has 4 fully saturated rings. The maximum absolute atomic E-state index is 13.5. The Kier molecular flexibility index (Phi) is 12.0. The number of piperazine rings is 1. The lowest BCUT2D eigenvalue weighted by Gasteiger charge is -2.50. The fraction of sp³-hybridized carbons (Fsp3) is 0.404. The highest BCUT2D eigenvalue weighted by Gasteiger charge is 2.45. The van der Waals surface area contributed by atoms with E-state index in [0.29, 0.717) is 67.2 Å². The molecule has 2 aromatic heterocycles. The zero-order valence-electron chi connectivity index (χ0n) is 37.8. The minimum Gasteiger partial charge on any atom is -0.494 e. The Balaban J connectivity index is 0.722. The van der Waals surface area contributed by atoms with Crippen molar-refractivity contribution in [2.45, 2.75) is 50.7 Å². The molecular weight excluding hydrogens is 939 g/mol. The second-order valence-corrected chi connectivity index (χ2v) is 22.2. The number of amides is 4. The molecule has 3 aromatic carbocycles. The molecule has 0 radical (unpaired) electrons. The highest BCUT2D eigenvalue weighted by molar-refractivity contribution is 9.10. The van der Waals surface area contributed by atoms with E-state index in [2.05, 4.69) is 85.5 Å². The van der Waals surface area contributed by atoms with Crippen molar-refractivity contribution < 1.29 is 28.5 Å². The van der Waals surface area contributed by atoms with Gasteiger partial charge >= 0.3 is 0 Å². The van der Waals surface area contributed by atoms with E-state index in [4.69, 9.17) is 9.72 Å². The van der Waals surface area contributed by atoms with Crippen LogP contribution in [0.3, 0.4) is 0 Å². The Labute approximate surface area is 396 Å². The van der Waals surface area contributed by atoms with Crippen LogP contribution in [-0.2, 0) is 14.2 Å². The first kappa shape index (κ1) is 44.8. The number of nitrogens with one attached hydrogen (secondary N) is 3. The van der Waals surface area contributed by atoms with Crippen molar-refractivity contribution in [3.63, 3.8) is 0 Å². The van der Waals surface area contributed by atoms with Crippen LogP contribution in [0, 0.1) is 6.92 Å². The van der Waals surface area contributed by atoms with Crippen molar-refractivity contribution in [1.29, 1.82) is 0 Å². The van der Waals surface area contributed by atoms with Gasteiger partial charge in [-0.05, 0) is 97.4 Å². The molecule has 1 unspecified atom stereocenters. The monoisotopic (exact) mass is 990 g/mol. The summed E-state index contributed by atoms with van der Waals surface area (Å²) in [4.78, 5) is 79.9. The lowest BCUT2D eigenvalue weighted by atomic mass is 9.99. The minimum absolute atomic E-state index is 0.0920. The van der Waals surface area contributed by atoms with Crippen LogP contribution in [0.25, 0.3) is 11.0 Å². The number of carbonyl (C=O) groups excluding carboxylic acids is 4. The van der Waals surface area contributed by atoms with E-state index >= 15 is 0 Å². The largest absolute Gasteiger partial charge is 0.494 e. The average Bonchev–Trinajstić information content (AvgIpc) is 3.54. The van der Waals surface area contributed by atoms with Gasteiger partial charge in [0.25, 0.3) is 11.8 Å². The van der Waals surface area contributed by atoms with Gasteiger partial charge < -0.3 is 29.7 Å². The van der Waals surface area contributed by atoms with E-state index in [1.807, 2.05) is 18.2 Å². The summed E-state index contributed by atoms with van der Waals surface area (Å²) in [6.07, 6.45) is 7.26. The van der Waals surface area contributed by atoms with Crippen LogP contribution < -0.4 is 35.8 Å². The molecule has 1 atom stereocenters. The summed E-state index contributed by atoms with van der Waals surface area (Å²) in [5, 5.41) is 9.60. The third-order valence-corrected chi connectivity index (χ3v) is 15.9. The van der Waals surface area contributed by atoms with Crippen molar-refractivity contribution in [2.24, 2.45) is 0 Å². The van der Waals surface area contributed by atoms with Crippen LogP contribution >= 0.6 is 23.1 Å². The maximum atomic E-state index is 13.5. The van der Waals surface area contributed by atoms with Crippen molar-refractivity contribution in [1.82, 2.24) is 40.0 Å². The van der Waals surface area contributed by atoms with E-state index in [-0.39, 0.29) is 12.8 Å². The summed E-state index contributed by atoms with van der Waals surface area (Å²) in [5.41, 5.74) is 6.38. The van der Waals surface area contributed by atoms with Gasteiger partial charge in [0.1, 0.15) is 30.3 Å². The zero-order valence-corrected chi connectivity index (χ0v) is 40.3. The number of methoxy groups -OCH3 is 1. The quantitative estimate of drug-likeness (QED) is 0.116. The molecule has 0 aliphatic carbocycles. The Morgan fingerprint density at radius 2 is 1.51 bits per heavy atom. The van der Waals surface area contributed by atoms with Crippen LogP contribution in [0.5, 0.6) is 5.75 Å². The molecule has 7 heterocycles. The van der Waals surface area contributed by atoms with Crippen LogP contribution in [-0.4, -0.2) is 149 Å². The number of piperidine rings is 2. The molecule has 4 saturated heterocycles. The number of rotatable bonds is 11. The van der Waals surface area contributed by atoms with Crippen molar-refractivity contribution >= 4 is 97.6 Å². The van der Waals surface area contributed by atoms with Crippen molar-refractivity contribution in [3.05, 3.63) is 82.2 Å². The van der Waals surface area contributed by atoms with E-state index in [1.54, 1.807) is 51.2 Å². The molecule has 5 aliphatic heterocycles. The molecule has 5 aliphatic rings. The molecule has 348 valence electrons. The summed E-state index contributed by atoms with van der Waals surface area (Å²) in [6.45, 7) is 13.2. The number of hydrogen-bond acceptors (Lipinski definition) is 16. The van der Waals surface area contributed by atoms with Gasteiger partial charge in [0, 0.05) is 107 Å². The zero-order chi connectivity index (χ0) is 46.7. The number of hydrogen-bond donors (Lipinski definition) is 3. The number of benzene rings is 3. The van der Waals surface area contributed by atoms with Gasteiger partial charge in [-0.3, -0.25) is 49.2 Å². The normalized spacial score (nSPS) is 20.0.